The minimum Gasteiger partial charge on any atom is -0.381 e. The Kier molecular flexibility index (Phi) is 3.59. The molecule has 1 aromatic heterocycles. The molecule has 1 aromatic rings. The van der Waals surface area contributed by atoms with Crippen LogP contribution in [0.4, 0.5) is 5.82 Å². The van der Waals surface area contributed by atoms with Gasteiger partial charge in [0.25, 0.3) is 0 Å². The molecule has 1 fully saturated rings. The van der Waals surface area contributed by atoms with Gasteiger partial charge in [-0.2, -0.15) is 0 Å². The second-order valence-corrected chi connectivity index (χ2v) is 4.74. The molecular weight excluding hydrogens is 256 g/mol. The van der Waals surface area contributed by atoms with Crippen LogP contribution in [0.15, 0.2) is 22.8 Å². The fourth-order valence-corrected chi connectivity index (χ4v) is 2.14. The van der Waals surface area contributed by atoms with Crippen molar-refractivity contribution in [3.05, 3.63) is 22.8 Å². The second-order valence-electron chi connectivity index (χ2n) is 3.89. The molecule has 2 unspecified atom stereocenters. The lowest BCUT2D eigenvalue weighted by atomic mass is 10.0. The lowest BCUT2D eigenvalue weighted by Crippen LogP contribution is -2.26. The smallest absolute Gasteiger partial charge is 0.140 e. The highest BCUT2D eigenvalue weighted by Gasteiger charge is 2.22. The summed E-state index contributed by atoms with van der Waals surface area (Å²) in [6.07, 6.45) is 2.93. The van der Waals surface area contributed by atoms with Crippen molar-refractivity contribution in [2.75, 3.05) is 18.5 Å². The molecule has 2 atom stereocenters. The maximum Gasteiger partial charge on any atom is 0.140 e. The van der Waals surface area contributed by atoms with Gasteiger partial charge in [0.15, 0.2) is 0 Å². The maximum absolute atomic E-state index is 5.37. The molecule has 0 aromatic carbocycles. The third-order valence-electron chi connectivity index (χ3n) is 2.79. The minimum absolute atomic E-state index is 0.402. The van der Waals surface area contributed by atoms with Crippen LogP contribution in [-0.4, -0.2) is 24.2 Å². The largest absolute Gasteiger partial charge is 0.381 e. The van der Waals surface area contributed by atoms with E-state index < -0.39 is 0 Å². The highest BCUT2D eigenvalue weighted by molar-refractivity contribution is 9.10. The van der Waals surface area contributed by atoms with Crippen LogP contribution < -0.4 is 5.32 Å². The zero-order valence-corrected chi connectivity index (χ0v) is 10.3. The zero-order chi connectivity index (χ0) is 10.7. The third kappa shape index (κ3) is 2.69. The SMILES string of the molecule is CC(Nc1ncccc1Br)C1CCOC1. The highest BCUT2D eigenvalue weighted by atomic mass is 79.9. The first kappa shape index (κ1) is 10.9. The van der Waals surface area contributed by atoms with Gasteiger partial charge >= 0.3 is 0 Å². The summed E-state index contributed by atoms with van der Waals surface area (Å²) in [5.41, 5.74) is 0. The van der Waals surface area contributed by atoms with Crippen molar-refractivity contribution in [2.24, 2.45) is 5.92 Å². The molecule has 2 heterocycles. The number of anilines is 1. The molecule has 3 nitrogen and oxygen atoms in total. The van der Waals surface area contributed by atoms with Crippen molar-refractivity contribution in [3.8, 4) is 0 Å². The fourth-order valence-electron chi connectivity index (χ4n) is 1.77. The number of rotatable bonds is 3. The number of pyridine rings is 1. The van der Waals surface area contributed by atoms with E-state index in [0.717, 1.165) is 29.9 Å². The van der Waals surface area contributed by atoms with Crippen LogP contribution in [0.2, 0.25) is 0 Å². The summed E-state index contributed by atoms with van der Waals surface area (Å²) in [4.78, 5) is 4.29. The van der Waals surface area contributed by atoms with Gasteiger partial charge in [-0.3, -0.25) is 0 Å². The van der Waals surface area contributed by atoms with Crippen LogP contribution in [0.3, 0.4) is 0 Å². The van der Waals surface area contributed by atoms with Gasteiger partial charge in [-0.25, -0.2) is 4.98 Å². The van der Waals surface area contributed by atoms with E-state index in [1.807, 2.05) is 12.1 Å². The van der Waals surface area contributed by atoms with Gasteiger partial charge in [-0.15, -0.1) is 0 Å². The molecule has 4 heteroatoms. The normalized spacial score (nSPS) is 22.7. The lowest BCUT2D eigenvalue weighted by molar-refractivity contribution is 0.183. The van der Waals surface area contributed by atoms with Crippen molar-refractivity contribution in [3.63, 3.8) is 0 Å². The van der Waals surface area contributed by atoms with Gasteiger partial charge in [0.2, 0.25) is 0 Å². The van der Waals surface area contributed by atoms with Crippen molar-refractivity contribution in [2.45, 2.75) is 19.4 Å². The molecule has 2 rings (SSSR count). The van der Waals surface area contributed by atoms with E-state index in [2.05, 4.69) is 33.2 Å². The second kappa shape index (κ2) is 4.94. The Balaban J connectivity index is 1.99. The van der Waals surface area contributed by atoms with E-state index in [0.29, 0.717) is 12.0 Å². The van der Waals surface area contributed by atoms with E-state index in [9.17, 15) is 0 Å². The van der Waals surface area contributed by atoms with Gasteiger partial charge in [-0.1, -0.05) is 0 Å². The first-order valence-electron chi connectivity index (χ1n) is 5.22. The molecule has 0 radical (unpaired) electrons. The van der Waals surface area contributed by atoms with E-state index >= 15 is 0 Å². The molecule has 15 heavy (non-hydrogen) atoms. The standard InChI is InChI=1S/C11H15BrN2O/c1-8(9-4-6-15-7-9)14-11-10(12)3-2-5-13-11/h2-3,5,8-9H,4,6-7H2,1H3,(H,13,14). The molecule has 1 N–H and O–H groups in total. The third-order valence-corrected chi connectivity index (χ3v) is 3.43. The summed E-state index contributed by atoms with van der Waals surface area (Å²) in [6.45, 7) is 3.93. The molecule has 82 valence electrons. The van der Waals surface area contributed by atoms with E-state index in [4.69, 9.17) is 4.74 Å². The highest BCUT2D eigenvalue weighted by Crippen LogP contribution is 2.23. The number of hydrogen-bond donors (Lipinski definition) is 1. The van der Waals surface area contributed by atoms with E-state index in [-0.39, 0.29) is 0 Å². The van der Waals surface area contributed by atoms with Crippen molar-refractivity contribution < 1.29 is 4.74 Å². The summed E-state index contributed by atoms with van der Waals surface area (Å²) in [7, 11) is 0. The van der Waals surface area contributed by atoms with Gasteiger partial charge < -0.3 is 10.1 Å². The molecule has 1 saturated heterocycles. The first-order chi connectivity index (χ1) is 7.27. The molecule has 0 amide bonds. The number of nitrogens with zero attached hydrogens (tertiary/aromatic N) is 1. The molecule has 0 saturated carbocycles. The Morgan fingerprint density at radius 2 is 2.53 bits per heavy atom. The van der Waals surface area contributed by atoms with Crippen molar-refractivity contribution >= 4 is 21.7 Å². The molecule has 1 aliphatic heterocycles. The van der Waals surface area contributed by atoms with Crippen LogP contribution in [0.5, 0.6) is 0 Å². The van der Waals surface area contributed by atoms with Crippen LogP contribution in [0.25, 0.3) is 0 Å². The zero-order valence-electron chi connectivity index (χ0n) is 8.74. The average molecular weight is 271 g/mol. The summed E-state index contributed by atoms with van der Waals surface area (Å²) < 4.78 is 6.38. The predicted molar refractivity (Wildman–Crippen MR) is 63.9 cm³/mol. The quantitative estimate of drug-likeness (QED) is 0.917. The van der Waals surface area contributed by atoms with Gasteiger partial charge in [0.1, 0.15) is 5.82 Å². The molecule has 0 spiro atoms. The molecule has 0 bridgehead atoms. The molecular formula is C11H15BrN2O. The Labute approximate surface area is 98.4 Å². The van der Waals surface area contributed by atoms with Crippen molar-refractivity contribution in [1.29, 1.82) is 0 Å². The minimum atomic E-state index is 0.402. The van der Waals surface area contributed by atoms with Crippen LogP contribution >= 0.6 is 15.9 Å². The van der Waals surface area contributed by atoms with Crippen LogP contribution in [0.1, 0.15) is 13.3 Å². The number of nitrogens with one attached hydrogen (secondary N) is 1. The van der Waals surface area contributed by atoms with Gasteiger partial charge in [-0.05, 0) is 41.4 Å². The monoisotopic (exact) mass is 270 g/mol. The number of hydrogen-bond acceptors (Lipinski definition) is 3. The summed E-state index contributed by atoms with van der Waals surface area (Å²) >= 11 is 3.48. The molecule has 1 aliphatic rings. The number of halogens is 1. The number of aromatic nitrogens is 1. The summed E-state index contributed by atoms with van der Waals surface area (Å²) in [5, 5.41) is 3.41. The van der Waals surface area contributed by atoms with Crippen molar-refractivity contribution in [1.82, 2.24) is 4.98 Å². The van der Waals surface area contributed by atoms with E-state index in [1.54, 1.807) is 6.20 Å². The fraction of sp³-hybridized carbons (Fsp3) is 0.545. The van der Waals surface area contributed by atoms with Gasteiger partial charge in [0.05, 0.1) is 11.1 Å². The lowest BCUT2D eigenvalue weighted by Gasteiger charge is -2.20. The van der Waals surface area contributed by atoms with Gasteiger partial charge in [0, 0.05) is 24.8 Å². The average Bonchev–Trinajstić information content (AvgIpc) is 2.74. The first-order valence-corrected chi connectivity index (χ1v) is 6.01. The summed E-state index contributed by atoms with van der Waals surface area (Å²) in [5.74, 6) is 1.51. The molecule has 0 aliphatic carbocycles. The number of ether oxygens (including phenoxy) is 1. The Hall–Kier alpha value is -0.610. The Morgan fingerprint density at radius 3 is 3.20 bits per heavy atom. The Morgan fingerprint density at radius 1 is 1.67 bits per heavy atom. The van der Waals surface area contributed by atoms with Crippen LogP contribution in [0, 0.1) is 5.92 Å². The predicted octanol–water partition coefficient (Wildman–Crippen LogP) is 2.68. The summed E-state index contributed by atoms with van der Waals surface area (Å²) in [6, 6.07) is 4.31. The van der Waals surface area contributed by atoms with Crippen LogP contribution in [-0.2, 0) is 4.74 Å². The maximum atomic E-state index is 5.37. The van der Waals surface area contributed by atoms with E-state index in [1.165, 1.54) is 0 Å². The topological polar surface area (TPSA) is 34.2 Å². The Bertz CT molecular complexity index is 326.